The van der Waals surface area contributed by atoms with E-state index in [1.165, 1.54) is 4.68 Å². The highest BCUT2D eigenvalue weighted by Crippen LogP contribution is 2.29. The molecule has 2 aromatic heterocycles. The van der Waals surface area contributed by atoms with E-state index in [1.807, 2.05) is 36.4 Å². The van der Waals surface area contributed by atoms with Gasteiger partial charge in [0.05, 0.1) is 12.1 Å². The predicted molar refractivity (Wildman–Crippen MR) is 101 cm³/mol. The van der Waals surface area contributed by atoms with Gasteiger partial charge in [-0.05, 0) is 37.1 Å². The van der Waals surface area contributed by atoms with Gasteiger partial charge >= 0.3 is 0 Å². The highest BCUT2D eigenvalue weighted by molar-refractivity contribution is 5.76. The second kappa shape index (κ2) is 6.59. The minimum Gasteiger partial charge on any atom is -0.440 e. The van der Waals surface area contributed by atoms with Crippen LogP contribution in [0.15, 0.2) is 57.7 Å². The summed E-state index contributed by atoms with van der Waals surface area (Å²) in [5, 5.41) is 8.85. The smallest absolute Gasteiger partial charge is 0.278 e. The van der Waals surface area contributed by atoms with Gasteiger partial charge in [-0.15, -0.1) is 5.10 Å². The van der Waals surface area contributed by atoms with Gasteiger partial charge in [-0.25, -0.2) is 4.98 Å². The molecule has 1 saturated heterocycles. The molecule has 0 bridgehead atoms. The van der Waals surface area contributed by atoms with Crippen molar-refractivity contribution in [2.75, 3.05) is 13.1 Å². The summed E-state index contributed by atoms with van der Waals surface area (Å²) in [4.78, 5) is 19.5. The first-order chi connectivity index (χ1) is 13.3. The van der Waals surface area contributed by atoms with Gasteiger partial charge in [0.2, 0.25) is 0 Å². The van der Waals surface area contributed by atoms with E-state index in [0.29, 0.717) is 23.5 Å². The van der Waals surface area contributed by atoms with Crippen molar-refractivity contribution in [2.45, 2.75) is 25.4 Å². The quantitative estimate of drug-likeness (QED) is 0.558. The van der Waals surface area contributed by atoms with Crippen LogP contribution in [0.4, 0.5) is 0 Å². The summed E-state index contributed by atoms with van der Waals surface area (Å²) in [6, 6.07) is 15.2. The molecule has 0 spiro atoms. The fourth-order valence-corrected chi connectivity index (χ4v) is 3.69. The lowest BCUT2D eigenvalue weighted by Crippen LogP contribution is -2.39. The molecule has 0 unspecified atom stereocenters. The molecule has 0 atom stereocenters. The molecule has 0 radical (unpaired) electrons. The van der Waals surface area contributed by atoms with Gasteiger partial charge in [0.25, 0.3) is 5.56 Å². The number of benzene rings is 2. The number of hydrogen-bond donors (Lipinski definition) is 0. The van der Waals surface area contributed by atoms with Crippen molar-refractivity contribution in [3.8, 4) is 0 Å². The van der Waals surface area contributed by atoms with Crippen molar-refractivity contribution >= 4 is 22.0 Å². The molecule has 1 fully saturated rings. The summed E-state index contributed by atoms with van der Waals surface area (Å²) >= 11 is 0. The molecule has 3 heterocycles. The number of likely N-dealkylation sites (tertiary alicyclic amines) is 1. The fourth-order valence-electron chi connectivity index (χ4n) is 3.69. The van der Waals surface area contributed by atoms with Gasteiger partial charge in [0.1, 0.15) is 11.0 Å². The Morgan fingerprint density at radius 1 is 1.00 bits per heavy atom. The molecule has 136 valence electrons. The molecule has 0 saturated carbocycles. The molecule has 5 rings (SSSR count). The highest BCUT2D eigenvalue weighted by Gasteiger charge is 2.25. The zero-order chi connectivity index (χ0) is 18.2. The van der Waals surface area contributed by atoms with Crippen molar-refractivity contribution in [1.29, 1.82) is 0 Å². The number of oxazole rings is 1. The Kier molecular flexibility index (Phi) is 3.94. The number of hydrogen-bond acceptors (Lipinski definition) is 6. The number of para-hydroxylation sites is 2. The SMILES string of the molecule is O=c1c2ccccc2nnn1CN1CCC(c2nc3ccccc3o2)CC1. The number of nitrogens with zero attached hydrogens (tertiary/aromatic N) is 5. The average Bonchev–Trinajstić information content (AvgIpc) is 3.15. The van der Waals surface area contributed by atoms with Gasteiger partial charge in [-0.2, -0.15) is 4.68 Å². The zero-order valence-electron chi connectivity index (χ0n) is 14.8. The maximum atomic E-state index is 12.6. The van der Waals surface area contributed by atoms with E-state index in [4.69, 9.17) is 4.42 Å². The summed E-state index contributed by atoms with van der Waals surface area (Å²) in [6.45, 7) is 2.19. The molecule has 2 aromatic carbocycles. The summed E-state index contributed by atoms with van der Waals surface area (Å²) in [5.41, 5.74) is 2.29. The van der Waals surface area contributed by atoms with Crippen LogP contribution >= 0.6 is 0 Å². The van der Waals surface area contributed by atoms with Gasteiger partial charge in [0, 0.05) is 19.0 Å². The Morgan fingerprint density at radius 2 is 1.74 bits per heavy atom. The predicted octanol–water partition coefficient (Wildman–Crippen LogP) is 2.77. The van der Waals surface area contributed by atoms with Crippen LogP contribution in [0.3, 0.4) is 0 Å². The third kappa shape index (κ3) is 3.00. The number of aromatic nitrogens is 4. The third-order valence-electron chi connectivity index (χ3n) is 5.21. The zero-order valence-corrected chi connectivity index (χ0v) is 14.8. The van der Waals surface area contributed by atoms with Crippen LogP contribution < -0.4 is 5.56 Å². The molecule has 1 aliphatic heterocycles. The van der Waals surface area contributed by atoms with E-state index >= 15 is 0 Å². The maximum Gasteiger partial charge on any atom is 0.278 e. The summed E-state index contributed by atoms with van der Waals surface area (Å²) in [5.74, 6) is 1.13. The highest BCUT2D eigenvalue weighted by atomic mass is 16.3. The average molecular weight is 361 g/mol. The molecule has 1 aliphatic rings. The molecular weight excluding hydrogens is 342 g/mol. The molecule has 4 aromatic rings. The number of piperidine rings is 1. The Hall–Kier alpha value is -3.06. The lowest BCUT2D eigenvalue weighted by molar-refractivity contribution is 0.149. The van der Waals surface area contributed by atoms with Crippen molar-refractivity contribution in [3.05, 3.63) is 64.8 Å². The molecule has 7 nitrogen and oxygen atoms in total. The monoisotopic (exact) mass is 361 g/mol. The van der Waals surface area contributed by atoms with E-state index in [9.17, 15) is 4.79 Å². The van der Waals surface area contributed by atoms with Crippen LogP contribution in [0, 0.1) is 0 Å². The first-order valence-corrected chi connectivity index (χ1v) is 9.18. The number of fused-ring (bicyclic) bond motifs is 2. The first-order valence-electron chi connectivity index (χ1n) is 9.18. The van der Waals surface area contributed by atoms with Crippen LogP contribution in [0.2, 0.25) is 0 Å². The Balaban J connectivity index is 1.29. The Bertz CT molecular complexity index is 1120. The van der Waals surface area contributed by atoms with Crippen LogP contribution in [-0.4, -0.2) is 38.0 Å². The molecule has 0 aliphatic carbocycles. The van der Waals surface area contributed by atoms with Gasteiger partial charge in [0.15, 0.2) is 11.5 Å². The van der Waals surface area contributed by atoms with Gasteiger partial charge in [-0.1, -0.05) is 29.5 Å². The van der Waals surface area contributed by atoms with E-state index in [-0.39, 0.29) is 5.56 Å². The summed E-state index contributed by atoms with van der Waals surface area (Å²) in [7, 11) is 0. The van der Waals surface area contributed by atoms with E-state index in [0.717, 1.165) is 42.9 Å². The largest absolute Gasteiger partial charge is 0.440 e. The normalized spacial score (nSPS) is 16.3. The van der Waals surface area contributed by atoms with Gasteiger partial charge in [-0.3, -0.25) is 9.69 Å². The minimum atomic E-state index is -0.0957. The first kappa shape index (κ1) is 16.1. The van der Waals surface area contributed by atoms with Crippen LogP contribution in [0.1, 0.15) is 24.7 Å². The third-order valence-corrected chi connectivity index (χ3v) is 5.21. The van der Waals surface area contributed by atoms with Crippen LogP contribution in [-0.2, 0) is 6.67 Å². The summed E-state index contributed by atoms with van der Waals surface area (Å²) < 4.78 is 7.37. The van der Waals surface area contributed by atoms with Crippen LogP contribution in [0.5, 0.6) is 0 Å². The minimum absolute atomic E-state index is 0.0957. The Labute approximate surface area is 155 Å². The van der Waals surface area contributed by atoms with E-state index in [2.05, 4.69) is 20.2 Å². The van der Waals surface area contributed by atoms with Crippen molar-refractivity contribution in [3.63, 3.8) is 0 Å². The van der Waals surface area contributed by atoms with E-state index < -0.39 is 0 Å². The second-order valence-corrected chi connectivity index (χ2v) is 6.96. The van der Waals surface area contributed by atoms with Crippen molar-refractivity contribution < 1.29 is 4.42 Å². The molecule has 0 amide bonds. The second-order valence-electron chi connectivity index (χ2n) is 6.96. The molecule has 27 heavy (non-hydrogen) atoms. The lowest BCUT2D eigenvalue weighted by Gasteiger charge is -2.30. The van der Waals surface area contributed by atoms with E-state index in [1.54, 1.807) is 12.1 Å². The Morgan fingerprint density at radius 3 is 2.56 bits per heavy atom. The molecule has 0 N–H and O–H groups in total. The lowest BCUT2D eigenvalue weighted by atomic mass is 9.97. The fraction of sp³-hybridized carbons (Fsp3) is 0.300. The topological polar surface area (TPSA) is 77.1 Å². The van der Waals surface area contributed by atoms with Crippen molar-refractivity contribution in [1.82, 2.24) is 24.9 Å². The molecular formula is C20H19N5O2. The standard InChI is InChI=1S/C20H19N5O2/c26-20-15-5-1-2-6-16(15)22-23-25(20)13-24-11-9-14(10-12-24)19-21-17-7-3-4-8-18(17)27-19/h1-8,14H,9-13H2. The van der Waals surface area contributed by atoms with Crippen LogP contribution in [0.25, 0.3) is 22.0 Å². The molecule has 7 heteroatoms. The summed E-state index contributed by atoms with van der Waals surface area (Å²) in [6.07, 6.45) is 1.89. The number of rotatable bonds is 3. The maximum absolute atomic E-state index is 12.6. The van der Waals surface area contributed by atoms with Crippen molar-refractivity contribution in [2.24, 2.45) is 0 Å². The van der Waals surface area contributed by atoms with Gasteiger partial charge < -0.3 is 4.42 Å².